The number of ether oxygens (including phenoxy) is 1. The molecule has 1 heterocycles. The van der Waals surface area contributed by atoms with Gasteiger partial charge in [0.1, 0.15) is 5.75 Å². The summed E-state index contributed by atoms with van der Waals surface area (Å²) in [5, 5.41) is 5.99. The fraction of sp³-hybridized carbons (Fsp3) is 0.316. The van der Waals surface area contributed by atoms with Gasteiger partial charge in [-0.05, 0) is 30.7 Å². The second-order valence-electron chi connectivity index (χ2n) is 6.26. The molecule has 1 fully saturated rings. The van der Waals surface area contributed by atoms with Crippen LogP contribution in [0.3, 0.4) is 0 Å². The molecule has 0 saturated carbocycles. The third-order valence-electron chi connectivity index (χ3n) is 4.12. The zero-order valence-electron chi connectivity index (χ0n) is 14.4. The van der Waals surface area contributed by atoms with Crippen LogP contribution < -0.4 is 15.4 Å². The van der Waals surface area contributed by atoms with Crippen LogP contribution in [0.4, 0.5) is 5.69 Å². The summed E-state index contributed by atoms with van der Waals surface area (Å²) in [5.41, 5.74) is 0.799. The van der Waals surface area contributed by atoms with Crippen molar-refractivity contribution >= 4 is 21.4 Å². The average molecular weight is 374 g/mol. The molecular weight excluding hydrogens is 352 g/mol. The molecule has 1 saturated heterocycles. The van der Waals surface area contributed by atoms with Crippen molar-refractivity contribution in [2.24, 2.45) is 0 Å². The van der Waals surface area contributed by atoms with Crippen molar-refractivity contribution in [1.82, 2.24) is 5.32 Å². The fourth-order valence-corrected chi connectivity index (χ4v) is 4.51. The van der Waals surface area contributed by atoms with Crippen LogP contribution in [0, 0.1) is 0 Å². The summed E-state index contributed by atoms with van der Waals surface area (Å²) in [6.45, 7) is 0.431. The maximum atomic E-state index is 12.0. The van der Waals surface area contributed by atoms with Crippen molar-refractivity contribution in [1.29, 1.82) is 0 Å². The van der Waals surface area contributed by atoms with Gasteiger partial charge in [0, 0.05) is 19.0 Å². The minimum atomic E-state index is -2.99. The van der Waals surface area contributed by atoms with E-state index in [-0.39, 0.29) is 29.9 Å². The molecule has 0 aliphatic carbocycles. The molecule has 0 spiro atoms. The second kappa shape index (κ2) is 8.23. The van der Waals surface area contributed by atoms with Gasteiger partial charge in [-0.1, -0.05) is 30.3 Å². The molecule has 0 aromatic heterocycles. The maximum Gasteiger partial charge on any atom is 0.222 e. The lowest BCUT2D eigenvalue weighted by Crippen LogP contribution is -2.36. The van der Waals surface area contributed by atoms with E-state index in [1.54, 1.807) is 0 Å². The molecule has 1 atom stereocenters. The molecule has 138 valence electrons. The summed E-state index contributed by atoms with van der Waals surface area (Å²) < 4.78 is 28.7. The lowest BCUT2D eigenvalue weighted by Gasteiger charge is -2.14. The smallest absolute Gasteiger partial charge is 0.222 e. The van der Waals surface area contributed by atoms with Gasteiger partial charge < -0.3 is 15.4 Å². The SMILES string of the molecule is O=C(CCNc1ccccc1Oc1ccccc1)NC1CCS(=O)(=O)C1. The van der Waals surface area contributed by atoms with Crippen molar-refractivity contribution in [3.63, 3.8) is 0 Å². The van der Waals surface area contributed by atoms with E-state index in [1.165, 1.54) is 0 Å². The number of para-hydroxylation sites is 3. The largest absolute Gasteiger partial charge is 0.455 e. The number of carbonyl (C=O) groups is 1. The highest BCUT2D eigenvalue weighted by molar-refractivity contribution is 7.91. The van der Waals surface area contributed by atoms with Gasteiger partial charge in [0.05, 0.1) is 17.2 Å². The summed E-state index contributed by atoms with van der Waals surface area (Å²) in [7, 11) is -2.99. The Labute approximate surface area is 153 Å². The van der Waals surface area contributed by atoms with Gasteiger partial charge in [0.15, 0.2) is 15.6 Å². The predicted octanol–water partition coefficient (Wildman–Crippen LogP) is 2.58. The highest BCUT2D eigenvalue weighted by Gasteiger charge is 2.28. The Bertz CT molecular complexity index is 853. The van der Waals surface area contributed by atoms with Gasteiger partial charge in [-0.15, -0.1) is 0 Å². The molecule has 2 N–H and O–H groups in total. The van der Waals surface area contributed by atoms with Crippen LogP contribution in [0.25, 0.3) is 0 Å². The summed E-state index contributed by atoms with van der Waals surface area (Å²) in [5.74, 6) is 1.46. The number of amides is 1. The van der Waals surface area contributed by atoms with Gasteiger partial charge in [0.25, 0.3) is 0 Å². The zero-order valence-corrected chi connectivity index (χ0v) is 15.2. The summed E-state index contributed by atoms with van der Waals surface area (Å²) >= 11 is 0. The average Bonchev–Trinajstić information content (AvgIpc) is 2.96. The van der Waals surface area contributed by atoms with Gasteiger partial charge in [-0.2, -0.15) is 0 Å². The van der Waals surface area contributed by atoms with Crippen LogP contribution in [0.2, 0.25) is 0 Å². The Balaban J connectivity index is 1.50. The van der Waals surface area contributed by atoms with Crippen molar-refractivity contribution in [2.75, 3.05) is 23.4 Å². The summed E-state index contributed by atoms with van der Waals surface area (Å²) in [6.07, 6.45) is 0.755. The normalized spacial score (nSPS) is 18.2. The second-order valence-corrected chi connectivity index (χ2v) is 8.48. The van der Waals surface area contributed by atoms with Crippen LogP contribution >= 0.6 is 0 Å². The van der Waals surface area contributed by atoms with Gasteiger partial charge >= 0.3 is 0 Å². The predicted molar refractivity (Wildman–Crippen MR) is 101 cm³/mol. The molecule has 0 radical (unpaired) electrons. The number of carbonyl (C=O) groups excluding carboxylic acids is 1. The van der Waals surface area contributed by atoms with Gasteiger partial charge in [-0.25, -0.2) is 8.42 Å². The number of sulfone groups is 1. The molecular formula is C19H22N2O4S. The van der Waals surface area contributed by atoms with E-state index in [2.05, 4.69) is 10.6 Å². The van der Waals surface area contributed by atoms with E-state index < -0.39 is 9.84 Å². The number of nitrogens with one attached hydrogen (secondary N) is 2. The van der Waals surface area contributed by atoms with Crippen LogP contribution in [-0.2, 0) is 14.6 Å². The lowest BCUT2D eigenvalue weighted by molar-refractivity contribution is -0.121. The molecule has 7 heteroatoms. The monoisotopic (exact) mass is 374 g/mol. The Morgan fingerprint density at radius 1 is 1.08 bits per heavy atom. The first-order valence-corrected chi connectivity index (χ1v) is 10.4. The van der Waals surface area contributed by atoms with Crippen LogP contribution in [0.1, 0.15) is 12.8 Å². The minimum absolute atomic E-state index is 0.0416. The van der Waals surface area contributed by atoms with Crippen molar-refractivity contribution in [3.05, 3.63) is 54.6 Å². The third-order valence-corrected chi connectivity index (χ3v) is 5.89. The number of benzene rings is 2. The molecule has 2 aromatic rings. The summed E-state index contributed by atoms with van der Waals surface area (Å²) in [6, 6.07) is 16.7. The van der Waals surface area contributed by atoms with E-state index in [0.29, 0.717) is 18.7 Å². The lowest BCUT2D eigenvalue weighted by atomic mass is 10.2. The molecule has 0 bridgehead atoms. The van der Waals surface area contributed by atoms with E-state index in [4.69, 9.17) is 4.74 Å². The molecule has 2 aromatic carbocycles. The molecule has 3 rings (SSSR count). The summed E-state index contributed by atoms with van der Waals surface area (Å²) in [4.78, 5) is 12.0. The number of hydrogen-bond donors (Lipinski definition) is 2. The third kappa shape index (κ3) is 5.23. The quantitative estimate of drug-likeness (QED) is 0.778. The number of anilines is 1. The number of hydrogen-bond acceptors (Lipinski definition) is 5. The molecule has 1 aliphatic rings. The van der Waals surface area contributed by atoms with E-state index >= 15 is 0 Å². The van der Waals surface area contributed by atoms with Crippen molar-refractivity contribution < 1.29 is 17.9 Å². The highest BCUT2D eigenvalue weighted by Crippen LogP contribution is 2.28. The highest BCUT2D eigenvalue weighted by atomic mass is 32.2. The van der Waals surface area contributed by atoms with E-state index in [1.807, 2.05) is 54.6 Å². The van der Waals surface area contributed by atoms with Crippen molar-refractivity contribution in [3.8, 4) is 11.5 Å². The Morgan fingerprint density at radius 2 is 1.81 bits per heavy atom. The first kappa shape index (κ1) is 18.3. The molecule has 1 unspecified atom stereocenters. The standard InChI is InChI=1S/C19H22N2O4S/c22-19(21-15-11-13-26(23,24)14-15)10-12-20-17-8-4-5-9-18(17)25-16-6-2-1-3-7-16/h1-9,15,20H,10-14H2,(H,21,22). The fourth-order valence-electron chi connectivity index (χ4n) is 2.84. The Morgan fingerprint density at radius 3 is 2.54 bits per heavy atom. The minimum Gasteiger partial charge on any atom is -0.455 e. The Kier molecular flexibility index (Phi) is 5.78. The molecule has 6 nitrogen and oxygen atoms in total. The Hall–Kier alpha value is -2.54. The van der Waals surface area contributed by atoms with Gasteiger partial charge in [-0.3, -0.25) is 4.79 Å². The number of rotatable bonds is 7. The first-order chi connectivity index (χ1) is 12.5. The van der Waals surface area contributed by atoms with Crippen LogP contribution in [-0.4, -0.2) is 38.4 Å². The van der Waals surface area contributed by atoms with Gasteiger partial charge in [0.2, 0.25) is 5.91 Å². The first-order valence-electron chi connectivity index (χ1n) is 8.57. The topological polar surface area (TPSA) is 84.5 Å². The van der Waals surface area contributed by atoms with Crippen LogP contribution in [0.15, 0.2) is 54.6 Å². The zero-order chi connectivity index (χ0) is 18.4. The van der Waals surface area contributed by atoms with Crippen molar-refractivity contribution in [2.45, 2.75) is 18.9 Å². The van der Waals surface area contributed by atoms with E-state index in [0.717, 1.165) is 11.4 Å². The molecule has 1 aliphatic heterocycles. The molecule has 1 amide bonds. The molecule has 26 heavy (non-hydrogen) atoms. The van der Waals surface area contributed by atoms with E-state index in [9.17, 15) is 13.2 Å². The van der Waals surface area contributed by atoms with Crippen LogP contribution in [0.5, 0.6) is 11.5 Å². The maximum absolute atomic E-state index is 12.0.